The highest BCUT2D eigenvalue weighted by atomic mass is 16.4. The highest BCUT2D eigenvalue weighted by Gasteiger charge is 2.26. The van der Waals surface area contributed by atoms with E-state index in [0.29, 0.717) is 18.0 Å². The number of nitrogens with zero attached hydrogens (tertiary/aromatic N) is 1. The number of hydrogen-bond donors (Lipinski definition) is 2. The van der Waals surface area contributed by atoms with Crippen LogP contribution < -0.4 is 5.32 Å². The van der Waals surface area contributed by atoms with Crippen molar-refractivity contribution < 1.29 is 14.7 Å². The minimum atomic E-state index is -1.05. The van der Waals surface area contributed by atoms with Gasteiger partial charge in [0.25, 0.3) is 0 Å². The molecule has 108 valence electrons. The maximum atomic E-state index is 12.1. The number of nitrogens with one attached hydrogen (secondary N) is 1. The van der Waals surface area contributed by atoms with Crippen LogP contribution in [0.3, 0.4) is 0 Å². The third kappa shape index (κ3) is 3.50. The van der Waals surface area contributed by atoms with Crippen LogP contribution in [-0.2, 0) is 4.79 Å². The second kappa shape index (κ2) is 6.41. The van der Waals surface area contributed by atoms with Crippen molar-refractivity contribution in [1.29, 1.82) is 0 Å². The normalized spacial score (nSPS) is 16.1. The van der Waals surface area contributed by atoms with Gasteiger partial charge in [0.15, 0.2) is 6.04 Å². The molecular formula is C15H20N2O3. The number of benzene rings is 1. The predicted molar refractivity (Wildman–Crippen MR) is 75.3 cm³/mol. The van der Waals surface area contributed by atoms with E-state index in [1.165, 1.54) is 6.42 Å². The van der Waals surface area contributed by atoms with Gasteiger partial charge in [0.2, 0.25) is 0 Å². The van der Waals surface area contributed by atoms with Crippen LogP contribution >= 0.6 is 0 Å². The summed E-state index contributed by atoms with van der Waals surface area (Å²) in [7, 11) is 1.71. The maximum Gasteiger partial charge on any atom is 0.330 e. The summed E-state index contributed by atoms with van der Waals surface area (Å²) in [6, 6.07) is 7.38. The Morgan fingerprint density at radius 2 is 2.00 bits per heavy atom. The van der Waals surface area contributed by atoms with Gasteiger partial charge in [0, 0.05) is 13.6 Å². The average molecular weight is 276 g/mol. The second-order valence-corrected chi connectivity index (χ2v) is 5.31. The molecular weight excluding hydrogens is 256 g/mol. The molecule has 1 aliphatic carbocycles. The van der Waals surface area contributed by atoms with Gasteiger partial charge in [-0.05, 0) is 24.3 Å². The van der Waals surface area contributed by atoms with E-state index < -0.39 is 12.0 Å². The fourth-order valence-corrected chi connectivity index (χ4v) is 2.31. The third-order valence-electron chi connectivity index (χ3n) is 3.75. The van der Waals surface area contributed by atoms with E-state index in [9.17, 15) is 14.7 Å². The molecule has 0 aliphatic heterocycles. The molecule has 2 N–H and O–H groups in total. The Bertz CT molecular complexity index is 471. The molecule has 1 saturated carbocycles. The molecule has 1 aromatic rings. The van der Waals surface area contributed by atoms with E-state index in [0.717, 1.165) is 12.8 Å². The molecule has 5 nitrogen and oxygen atoms in total. The van der Waals surface area contributed by atoms with Crippen molar-refractivity contribution in [2.45, 2.75) is 25.3 Å². The fourth-order valence-electron chi connectivity index (χ4n) is 2.31. The summed E-state index contributed by atoms with van der Waals surface area (Å²) in [5, 5.41) is 11.8. The van der Waals surface area contributed by atoms with E-state index in [1.54, 1.807) is 36.2 Å². The molecule has 20 heavy (non-hydrogen) atoms. The SMILES string of the molecule is CN(CC1CCC1)C(=O)NC(C(=O)O)c1ccccc1. The Hall–Kier alpha value is -2.04. The van der Waals surface area contributed by atoms with Crippen molar-refractivity contribution >= 4 is 12.0 Å². The van der Waals surface area contributed by atoms with Gasteiger partial charge in [0.1, 0.15) is 0 Å². The zero-order valence-electron chi connectivity index (χ0n) is 11.6. The molecule has 2 rings (SSSR count). The Morgan fingerprint density at radius 1 is 1.35 bits per heavy atom. The quantitative estimate of drug-likeness (QED) is 0.866. The molecule has 0 aromatic heterocycles. The molecule has 0 radical (unpaired) electrons. The zero-order valence-corrected chi connectivity index (χ0v) is 11.6. The molecule has 0 bridgehead atoms. The zero-order chi connectivity index (χ0) is 14.5. The number of carbonyl (C=O) groups excluding carboxylic acids is 1. The molecule has 5 heteroatoms. The fraction of sp³-hybridized carbons (Fsp3) is 0.467. The molecule has 0 spiro atoms. The summed E-state index contributed by atoms with van der Waals surface area (Å²) in [6.07, 6.45) is 3.53. The third-order valence-corrected chi connectivity index (χ3v) is 3.75. The topological polar surface area (TPSA) is 69.6 Å². The number of urea groups is 1. The van der Waals surface area contributed by atoms with Gasteiger partial charge in [-0.15, -0.1) is 0 Å². The molecule has 1 aromatic carbocycles. The first-order valence-electron chi connectivity index (χ1n) is 6.87. The Labute approximate surface area is 118 Å². The number of aliphatic carboxylic acids is 1. The van der Waals surface area contributed by atoms with Crippen LogP contribution in [0.15, 0.2) is 30.3 Å². The lowest BCUT2D eigenvalue weighted by Crippen LogP contribution is -2.44. The van der Waals surface area contributed by atoms with Crippen LogP contribution in [0.1, 0.15) is 30.9 Å². The minimum absolute atomic E-state index is 0.340. The molecule has 1 fully saturated rings. The Balaban J connectivity index is 1.97. The Kier molecular flexibility index (Phi) is 4.61. The highest BCUT2D eigenvalue weighted by molar-refractivity contribution is 5.83. The first-order valence-corrected chi connectivity index (χ1v) is 6.87. The molecule has 1 aliphatic rings. The van der Waals surface area contributed by atoms with Crippen LogP contribution in [0, 0.1) is 5.92 Å². The largest absolute Gasteiger partial charge is 0.479 e. The second-order valence-electron chi connectivity index (χ2n) is 5.31. The average Bonchev–Trinajstić information content (AvgIpc) is 2.40. The van der Waals surface area contributed by atoms with E-state index in [2.05, 4.69) is 5.32 Å². The van der Waals surface area contributed by atoms with Crippen LogP contribution in [0.5, 0.6) is 0 Å². The van der Waals surface area contributed by atoms with Crippen LogP contribution in [-0.4, -0.2) is 35.6 Å². The molecule has 1 atom stereocenters. The van der Waals surface area contributed by atoms with Crippen molar-refractivity contribution in [2.75, 3.05) is 13.6 Å². The number of amides is 2. The van der Waals surface area contributed by atoms with Crippen molar-refractivity contribution in [3.63, 3.8) is 0 Å². The van der Waals surface area contributed by atoms with Gasteiger partial charge >= 0.3 is 12.0 Å². The summed E-state index contributed by atoms with van der Waals surface area (Å²) >= 11 is 0. The van der Waals surface area contributed by atoms with Crippen molar-refractivity contribution in [2.24, 2.45) is 5.92 Å². The van der Waals surface area contributed by atoms with E-state index in [4.69, 9.17) is 0 Å². The van der Waals surface area contributed by atoms with Gasteiger partial charge < -0.3 is 15.3 Å². The summed E-state index contributed by atoms with van der Waals surface area (Å²) in [5.74, 6) is -0.493. The van der Waals surface area contributed by atoms with Crippen LogP contribution in [0.25, 0.3) is 0 Å². The summed E-state index contributed by atoms with van der Waals surface area (Å²) in [4.78, 5) is 24.9. The summed E-state index contributed by atoms with van der Waals surface area (Å²) < 4.78 is 0. The van der Waals surface area contributed by atoms with Crippen LogP contribution in [0.2, 0.25) is 0 Å². The lowest BCUT2D eigenvalue weighted by molar-refractivity contribution is -0.139. The Morgan fingerprint density at radius 3 is 2.50 bits per heavy atom. The number of carboxylic acids is 1. The first-order chi connectivity index (χ1) is 9.58. The van der Waals surface area contributed by atoms with Gasteiger partial charge in [-0.3, -0.25) is 0 Å². The lowest BCUT2D eigenvalue weighted by Gasteiger charge is -2.30. The minimum Gasteiger partial charge on any atom is -0.479 e. The van der Waals surface area contributed by atoms with Gasteiger partial charge in [-0.25, -0.2) is 9.59 Å². The molecule has 0 saturated heterocycles. The summed E-state index contributed by atoms with van der Waals surface area (Å²) in [5.41, 5.74) is 0.574. The monoisotopic (exact) mass is 276 g/mol. The summed E-state index contributed by atoms with van der Waals surface area (Å²) in [6.45, 7) is 0.687. The maximum absolute atomic E-state index is 12.1. The smallest absolute Gasteiger partial charge is 0.330 e. The molecule has 2 amide bonds. The van der Waals surface area contributed by atoms with Gasteiger partial charge in [-0.1, -0.05) is 36.8 Å². The molecule has 1 unspecified atom stereocenters. The van der Waals surface area contributed by atoms with Gasteiger partial charge in [-0.2, -0.15) is 0 Å². The first kappa shape index (κ1) is 14.4. The number of carbonyl (C=O) groups is 2. The highest BCUT2D eigenvalue weighted by Crippen LogP contribution is 2.26. The van der Waals surface area contributed by atoms with Gasteiger partial charge in [0.05, 0.1) is 0 Å². The van der Waals surface area contributed by atoms with Crippen molar-refractivity contribution in [1.82, 2.24) is 10.2 Å². The van der Waals surface area contributed by atoms with Crippen molar-refractivity contribution in [3.8, 4) is 0 Å². The molecule has 0 heterocycles. The van der Waals surface area contributed by atoms with Crippen LogP contribution in [0.4, 0.5) is 4.79 Å². The van der Waals surface area contributed by atoms with Crippen molar-refractivity contribution in [3.05, 3.63) is 35.9 Å². The van der Waals surface area contributed by atoms with E-state index in [1.807, 2.05) is 6.07 Å². The standard InChI is InChI=1S/C15H20N2O3/c1-17(10-11-6-5-7-11)15(20)16-13(14(18)19)12-8-3-2-4-9-12/h2-4,8-9,11,13H,5-7,10H2,1H3,(H,16,20)(H,18,19). The number of hydrogen-bond acceptors (Lipinski definition) is 2. The lowest BCUT2D eigenvalue weighted by atomic mass is 9.85. The van der Waals surface area contributed by atoms with E-state index in [-0.39, 0.29) is 6.03 Å². The van der Waals surface area contributed by atoms with E-state index >= 15 is 0 Å². The number of carboxylic acid groups (broad SMARTS) is 1. The predicted octanol–water partition coefficient (Wildman–Crippen LogP) is 2.25. The number of rotatable bonds is 5.